The lowest BCUT2D eigenvalue weighted by Gasteiger charge is -2.18. The van der Waals surface area contributed by atoms with Crippen molar-refractivity contribution in [3.8, 4) is 5.75 Å². The zero-order chi connectivity index (χ0) is 19.0. The number of benzene rings is 2. The van der Waals surface area contributed by atoms with Crippen molar-refractivity contribution in [1.82, 2.24) is 0 Å². The van der Waals surface area contributed by atoms with Gasteiger partial charge in [-0.25, -0.2) is 4.39 Å². The van der Waals surface area contributed by atoms with Gasteiger partial charge >= 0.3 is 0 Å². The zero-order valence-electron chi connectivity index (χ0n) is 14.7. The van der Waals surface area contributed by atoms with Gasteiger partial charge in [0.2, 0.25) is 0 Å². The summed E-state index contributed by atoms with van der Waals surface area (Å²) in [5, 5.41) is 2.79. The fourth-order valence-corrected chi connectivity index (χ4v) is 3.72. The lowest BCUT2D eigenvalue weighted by molar-refractivity contribution is -0.122. The molecule has 26 heavy (non-hydrogen) atoms. The van der Waals surface area contributed by atoms with Crippen LogP contribution in [0.1, 0.15) is 47.7 Å². The van der Waals surface area contributed by atoms with E-state index < -0.39 is 11.9 Å². The van der Waals surface area contributed by atoms with Gasteiger partial charge < -0.3 is 10.1 Å². The van der Waals surface area contributed by atoms with Crippen LogP contribution in [0.4, 0.5) is 10.1 Å². The third-order valence-corrected chi connectivity index (χ3v) is 5.13. The number of hydrogen-bond donors (Lipinski definition) is 1. The van der Waals surface area contributed by atoms with Crippen LogP contribution in [0, 0.1) is 12.7 Å². The van der Waals surface area contributed by atoms with Gasteiger partial charge in [0, 0.05) is 16.5 Å². The first-order chi connectivity index (χ1) is 12.3. The van der Waals surface area contributed by atoms with E-state index in [2.05, 4.69) is 21.2 Å². The Labute approximate surface area is 159 Å². The van der Waals surface area contributed by atoms with E-state index in [1.807, 2.05) is 26.0 Å². The number of nitrogens with one attached hydrogen (secondary N) is 1. The van der Waals surface area contributed by atoms with Gasteiger partial charge in [-0.3, -0.25) is 9.59 Å². The summed E-state index contributed by atoms with van der Waals surface area (Å²) in [6.45, 7) is 5.35. The normalized spacial score (nSPS) is 17.0. The molecule has 1 aliphatic rings. The Morgan fingerprint density at radius 2 is 2.08 bits per heavy atom. The van der Waals surface area contributed by atoms with E-state index in [1.165, 1.54) is 12.1 Å². The van der Waals surface area contributed by atoms with Gasteiger partial charge in [0.25, 0.3) is 5.91 Å². The van der Waals surface area contributed by atoms with Crippen LogP contribution in [-0.2, 0) is 4.79 Å². The summed E-state index contributed by atoms with van der Waals surface area (Å²) in [6.07, 6.45) is -0.592. The highest BCUT2D eigenvalue weighted by Gasteiger charge is 2.33. The summed E-state index contributed by atoms with van der Waals surface area (Å²) in [7, 11) is 0. The molecule has 1 N–H and O–H groups in total. The molecule has 0 aromatic heterocycles. The second-order valence-corrected chi connectivity index (χ2v) is 7.45. The highest BCUT2D eigenvalue weighted by molar-refractivity contribution is 9.10. The fourth-order valence-electron chi connectivity index (χ4n) is 3.12. The van der Waals surface area contributed by atoms with Crippen molar-refractivity contribution in [2.45, 2.75) is 39.2 Å². The number of aryl methyl sites for hydroxylation is 1. The van der Waals surface area contributed by atoms with Crippen molar-refractivity contribution in [2.24, 2.45) is 0 Å². The third kappa shape index (κ3) is 3.51. The Balaban J connectivity index is 1.79. The molecule has 4 nitrogen and oxygen atoms in total. The van der Waals surface area contributed by atoms with E-state index >= 15 is 0 Å². The lowest BCUT2D eigenvalue weighted by atomic mass is 10.0. The number of Topliss-reactive ketones (excluding diaryl/α,β-unsaturated/α-hetero) is 1. The number of ether oxygens (including phenoxy) is 1. The molecule has 0 bridgehead atoms. The Bertz CT molecular complexity index is 897. The summed E-state index contributed by atoms with van der Waals surface area (Å²) in [6, 6.07) is 8.28. The van der Waals surface area contributed by atoms with Crippen LogP contribution >= 0.6 is 15.9 Å². The van der Waals surface area contributed by atoms with E-state index in [9.17, 15) is 14.0 Å². The minimum absolute atomic E-state index is 0.157. The molecule has 0 spiro atoms. The van der Waals surface area contributed by atoms with Crippen molar-refractivity contribution in [2.75, 3.05) is 5.32 Å². The van der Waals surface area contributed by atoms with Gasteiger partial charge in [-0.15, -0.1) is 0 Å². The molecule has 0 saturated carbocycles. The number of hydrogen-bond acceptors (Lipinski definition) is 3. The number of amides is 1. The minimum atomic E-state index is -0.846. The van der Waals surface area contributed by atoms with Gasteiger partial charge in [0.05, 0.1) is 11.3 Å². The molecule has 0 aliphatic heterocycles. The van der Waals surface area contributed by atoms with Gasteiger partial charge in [-0.1, -0.05) is 13.0 Å². The zero-order valence-corrected chi connectivity index (χ0v) is 16.3. The number of ketones is 1. The first-order valence-electron chi connectivity index (χ1n) is 8.37. The van der Waals surface area contributed by atoms with E-state index in [0.717, 1.165) is 10.0 Å². The molecule has 0 heterocycles. The molecule has 3 rings (SSSR count). The van der Waals surface area contributed by atoms with Crippen LogP contribution in [0.5, 0.6) is 5.75 Å². The summed E-state index contributed by atoms with van der Waals surface area (Å²) >= 11 is 3.41. The van der Waals surface area contributed by atoms with Crippen molar-refractivity contribution in [3.63, 3.8) is 0 Å². The van der Waals surface area contributed by atoms with E-state index in [4.69, 9.17) is 4.74 Å². The number of anilines is 1. The fraction of sp³-hybridized carbons (Fsp3) is 0.300. The molecule has 1 amide bonds. The van der Waals surface area contributed by atoms with Crippen molar-refractivity contribution < 1.29 is 18.7 Å². The Hall–Kier alpha value is -2.21. The number of fused-ring (bicyclic) bond motifs is 1. The van der Waals surface area contributed by atoms with Crippen LogP contribution < -0.4 is 10.1 Å². The second kappa shape index (κ2) is 7.19. The first-order valence-corrected chi connectivity index (χ1v) is 9.16. The van der Waals surface area contributed by atoms with Gasteiger partial charge in [-0.2, -0.15) is 0 Å². The standard InChI is InChI=1S/C20H19BrFNO3/c1-10-4-6-15(13(21)8-10)23-20(25)12(3)26-17-7-5-14(22)18-11(2)9-16(24)19(17)18/h4-8,11-12H,9H2,1-3H3,(H,23,25)/t11-,12-/m1/s1. The Morgan fingerprint density at radius 3 is 2.77 bits per heavy atom. The molecule has 0 saturated heterocycles. The van der Waals surface area contributed by atoms with E-state index in [0.29, 0.717) is 11.3 Å². The number of carbonyl (C=O) groups excluding carboxylic acids is 2. The van der Waals surface area contributed by atoms with Crippen molar-refractivity contribution >= 4 is 33.3 Å². The highest BCUT2D eigenvalue weighted by atomic mass is 79.9. The predicted molar refractivity (Wildman–Crippen MR) is 101 cm³/mol. The van der Waals surface area contributed by atoms with Crippen LogP contribution in [0.2, 0.25) is 0 Å². The lowest BCUT2D eigenvalue weighted by Crippen LogP contribution is -2.30. The average Bonchev–Trinajstić information content (AvgIpc) is 2.88. The maximum absolute atomic E-state index is 14.1. The molecular weight excluding hydrogens is 401 g/mol. The van der Waals surface area contributed by atoms with Crippen molar-refractivity contribution in [1.29, 1.82) is 0 Å². The molecule has 0 unspecified atom stereocenters. The number of rotatable bonds is 4. The smallest absolute Gasteiger partial charge is 0.265 e. The minimum Gasteiger partial charge on any atom is -0.480 e. The van der Waals surface area contributed by atoms with Crippen LogP contribution in [0.25, 0.3) is 0 Å². The molecule has 136 valence electrons. The SMILES string of the molecule is Cc1ccc(NC(=O)[C@@H](C)Oc2ccc(F)c3c2C(=O)C[C@H]3C)c(Br)c1. The largest absolute Gasteiger partial charge is 0.480 e. The molecule has 2 atom stereocenters. The van der Waals surface area contributed by atoms with E-state index in [1.54, 1.807) is 13.0 Å². The monoisotopic (exact) mass is 419 g/mol. The van der Waals surface area contributed by atoms with Gasteiger partial charge in [-0.05, 0) is 65.5 Å². The third-order valence-electron chi connectivity index (χ3n) is 4.47. The molecule has 0 fully saturated rings. The molecule has 2 aromatic carbocycles. The molecule has 6 heteroatoms. The van der Waals surface area contributed by atoms with Gasteiger partial charge in [0.1, 0.15) is 11.6 Å². The topological polar surface area (TPSA) is 55.4 Å². The maximum atomic E-state index is 14.1. The first kappa shape index (κ1) is 18.6. The van der Waals surface area contributed by atoms with Crippen LogP contribution in [0.3, 0.4) is 0 Å². The Kier molecular flexibility index (Phi) is 5.14. The van der Waals surface area contributed by atoms with Crippen LogP contribution in [-0.4, -0.2) is 17.8 Å². The van der Waals surface area contributed by atoms with Crippen molar-refractivity contribution in [3.05, 3.63) is 57.3 Å². The molecule has 0 radical (unpaired) electrons. The molecular formula is C20H19BrFNO3. The molecule has 2 aromatic rings. The van der Waals surface area contributed by atoms with Gasteiger partial charge in [0.15, 0.2) is 11.9 Å². The summed E-state index contributed by atoms with van der Waals surface area (Å²) < 4.78 is 20.5. The maximum Gasteiger partial charge on any atom is 0.265 e. The van der Waals surface area contributed by atoms with E-state index in [-0.39, 0.29) is 35.3 Å². The highest BCUT2D eigenvalue weighted by Crippen LogP contribution is 2.40. The summed E-state index contributed by atoms with van der Waals surface area (Å²) in [5.74, 6) is -0.858. The van der Waals surface area contributed by atoms with Crippen LogP contribution in [0.15, 0.2) is 34.8 Å². The number of halogens is 2. The quantitative estimate of drug-likeness (QED) is 0.758. The summed E-state index contributed by atoms with van der Waals surface area (Å²) in [5.41, 5.74) is 2.33. The number of carbonyl (C=O) groups is 2. The predicted octanol–water partition coefficient (Wildman–Crippen LogP) is 4.99. The average molecular weight is 420 g/mol. The summed E-state index contributed by atoms with van der Waals surface area (Å²) in [4.78, 5) is 24.7. The second-order valence-electron chi connectivity index (χ2n) is 6.60. The molecule has 1 aliphatic carbocycles. The Morgan fingerprint density at radius 1 is 1.35 bits per heavy atom.